The van der Waals surface area contributed by atoms with Crippen LogP contribution in [0.1, 0.15) is 30.5 Å². The van der Waals surface area contributed by atoms with Crippen LogP contribution in [0.3, 0.4) is 0 Å². The summed E-state index contributed by atoms with van der Waals surface area (Å²) in [5.74, 6) is 0.0650. The smallest absolute Gasteiger partial charge is 0.114 e. The number of aryl methyl sites for hydroxylation is 1. The summed E-state index contributed by atoms with van der Waals surface area (Å²) in [5.41, 5.74) is 3.23. The van der Waals surface area contributed by atoms with Crippen molar-refractivity contribution in [2.45, 2.75) is 26.4 Å². The molecule has 24 heavy (non-hydrogen) atoms. The van der Waals surface area contributed by atoms with Gasteiger partial charge in [-0.3, -0.25) is 0 Å². The SMILES string of the molecule is CC(=Cc1ccccc1)C(O)(c1ccc(C)cc1)C(C)CN(C)C. The molecular formula is C22H29NO. The molecule has 0 bridgehead atoms. The van der Waals surface area contributed by atoms with Gasteiger partial charge in [-0.1, -0.05) is 73.2 Å². The Morgan fingerprint density at radius 2 is 1.67 bits per heavy atom. The van der Waals surface area contributed by atoms with Crippen LogP contribution in [0.5, 0.6) is 0 Å². The molecule has 0 fully saturated rings. The van der Waals surface area contributed by atoms with Gasteiger partial charge in [-0.05, 0) is 44.6 Å². The second kappa shape index (κ2) is 7.78. The lowest BCUT2D eigenvalue weighted by molar-refractivity contribution is 0.0105. The first kappa shape index (κ1) is 18.4. The molecule has 0 aromatic heterocycles. The molecule has 0 saturated heterocycles. The van der Waals surface area contributed by atoms with Crippen molar-refractivity contribution in [2.24, 2.45) is 5.92 Å². The first-order chi connectivity index (χ1) is 11.3. The summed E-state index contributed by atoms with van der Waals surface area (Å²) in [4.78, 5) is 2.12. The van der Waals surface area contributed by atoms with Crippen LogP contribution in [0.15, 0.2) is 60.2 Å². The Bertz CT molecular complexity index is 673. The predicted molar refractivity (Wildman–Crippen MR) is 103 cm³/mol. The van der Waals surface area contributed by atoms with Crippen molar-refractivity contribution in [3.63, 3.8) is 0 Å². The maximum atomic E-state index is 11.7. The van der Waals surface area contributed by atoms with Crippen LogP contribution >= 0.6 is 0 Å². The maximum absolute atomic E-state index is 11.7. The van der Waals surface area contributed by atoms with E-state index in [4.69, 9.17) is 0 Å². The van der Waals surface area contributed by atoms with Gasteiger partial charge in [0.25, 0.3) is 0 Å². The van der Waals surface area contributed by atoms with E-state index in [0.717, 1.165) is 23.2 Å². The molecule has 0 aliphatic heterocycles. The van der Waals surface area contributed by atoms with E-state index in [1.807, 2.05) is 51.4 Å². The van der Waals surface area contributed by atoms with Gasteiger partial charge in [-0.25, -0.2) is 0 Å². The lowest BCUT2D eigenvalue weighted by Gasteiger charge is -2.37. The average molecular weight is 323 g/mol. The van der Waals surface area contributed by atoms with Crippen molar-refractivity contribution in [2.75, 3.05) is 20.6 Å². The molecule has 1 N–H and O–H groups in total. The number of aliphatic hydroxyl groups is 1. The van der Waals surface area contributed by atoms with Crippen LogP contribution in [-0.2, 0) is 5.60 Å². The highest BCUT2D eigenvalue weighted by molar-refractivity contribution is 5.56. The van der Waals surface area contributed by atoms with E-state index in [9.17, 15) is 5.11 Å². The van der Waals surface area contributed by atoms with Crippen molar-refractivity contribution >= 4 is 6.08 Å². The summed E-state index contributed by atoms with van der Waals surface area (Å²) in [6.45, 7) is 7.02. The monoisotopic (exact) mass is 323 g/mol. The second-order valence-electron chi connectivity index (χ2n) is 7.03. The Hall–Kier alpha value is -1.90. The van der Waals surface area contributed by atoms with E-state index in [0.29, 0.717) is 0 Å². The summed E-state index contributed by atoms with van der Waals surface area (Å²) in [6, 6.07) is 18.4. The first-order valence-corrected chi connectivity index (χ1v) is 8.52. The molecule has 0 aliphatic carbocycles. The van der Waals surface area contributed by atoms with E-state index in [1.165, 1.54) is 5.56 Å². The molecule has 2 nitrogen and oxygen atoms in total. The molecule has 0 radical (unpaired) electrons. The third-order valence-electron chi connectivity index (χ3n) is 4.63. The standard InChI is InChI=1S/C22H29NO/c1-17-11-13-21(14-12-17)22(24,19(3)16-23(4)5)18(2)15-20-9-7-6-8-10-20/h6-15,19,24H,16H2,1-5H3. The molecule has 0 heterocycles. The van der Waals surface area contributed by atoms with Gasteiger partial charge >= 0.3 is 0 Å². The molecule has 2 aromatic carbocycles. The van der Waals surface area contributed by atoms with Crippen molar-refractivity contribution < 1.29 is 5.11 Å². The van der Waals surface area contributed by atoms with Gasteiger partial charge < -0.3 is 10.0 Å². The maximum Gasteiger partial charge on any atom is 0.114 e. The van der Waals surface area contributed by atoms with Crippen molar-refractivity contribution in [3.05, 3.63) is 76.9 Å². The van der Waals surface area contributed by atoms with Crippen LogP contribution in [0.25, 0.3) is 6.08 Å². The highest BCUT2D eigenvalue weighted by Crippen LogP contribution is 2.38. The van der Waals surface area contributed by atoms with Crippen LogP contribution in [0, 0.1) is 12.8 Å². The van der Waals surface area contributed by atoms with Crippen LogP contribution in [0.2, 0.25) is 0 Å². The zero-order valence-electron chi connectivity index (χ0n) is 15.5. The summed E-state index contributed by atoms with van der Waals surface area (Å²) >= 11 is 0. The van der Waals surface area contributed by atoms with E-state index < -0.39 is 5.60 Å². The number of nitrogens with zero attached hydrogens (tertiary/aromatic N) is 1. The van der Waals surface area contributed by atoms with Crippen LogP contribution in [0.4, 0.5) is 0 Å². The Morgan fingerprint density at radius 3 is 2.21 bits per heavy atom. The topological polar surface area (TPSA) is 23.5 Å². The normalized spacial score (nSPS) is 16.0. The summed E-state index contributed by atoms with van der Waals surface area (Å²) in [6.07, 6.45) is 2.09. The van der Waals surface area contributed by atoms with E-state index in [-0.39, 0.29) is 5.92 Å². The Balaban J connectivity index is 2.49. The quantitative estimate of drug-likeness (QED) is 0.847. The fraction of sp³-hybridized carbons (Fsp3) is 0.364. The van der Waals surface area contributed by atoms with Crippen LogP contribution in [-0.4, -0.2) is 30.6 Å². The second-order valence-corrected chi connectivity index (χ2v) is 7.03. The molecule has 0 amide bonds. The first-order valence-electron chi connectivity index (χ1n) is 8.52. The molecule has 128 valence electrons. The van der Waals surface area contributed by atoms with E-state index in [1.54, 1.807) is 0 Å². The van der Waals surface area contributed by atoms with Gasteiger partial charge in [0.1, 0.15) is 5.60 Å². The van der Waals surface area contributed by atoms with Crippen LogP contribution < -0.4 is 0 Å². The number of rotatable bonds is 6. The molecule has 2 aromatic rings. The number of hydrogen-bond donors (Lipinski definition) is 1. The van der Waals surface area contributed by atoms with Crippen molar-refractivity contribution in [1.29, 1.82) is 0 Å². The van der Waals surface area contributed by atoms with Gasteiger partial charge in [0.2, 0.25) is 0 Å². The van der Waals surface area contributed by atoms with Crippen molar-refractivity contribution in [3.8, 4) is 0 Å². The highest BCUT2D eigenvalue weighted by atomic mass is 16.3. The minimum atomic E-state index is -0.992. The predicted octanol–water partition coefficient (Wildman–Crippen LogP) is 4.48. The lowest BCUT2D eigenvalue weighted by atomic mass is 9.76. The minimum absolute atomic E-state index is 0.0650. The molecule has 2 heteroatoms. The Morgan fingerprint density at radius 1 is 1.08 bits per heavy atom. The van der Waals surface area contributed by atoms with Gasteiger partial charge in [0.05, 0.1) is 0 Å². The third-order valence-corrected chi connectivity index (χ3v) is 4.63. The molecule has 0 saturated carbocycles. The lowest BCUT2D eigenvalue weighted by Crippen LogP contribution is -2.40. The zero-order chi connectivity index (χ0) is 17.7. The molecule has 2 unspecified atom stereocenters. The summed E-state index contributed by atoms with van der Waals surface area (Å²) < 4.78 is 0. The van der Waals surface area contributed by atoms with Gasteiger partial charge in [-0.2, -0.15) is 0 Å². The van der Waals surface area contributed by atoms with Gasteiger partial charge in [-0.15, -0.1) is 0 Å². The highest BCUT2D eigenvalue weighted by Gasteiger charge is 2.37. The van der Waals surface area contributed by atoms with E-state index in [2.05, 4.69) is 49.1 Å². The molecule has 0 aliphatic rings. The Kier molecular flexibility index (Phi) is 5.98. The fourth-order valence-corrected chi connectivity index (χ4v) is 3.30. The minimum Gasteiger partial charge on any atom is -0.380 e. The Labute approximate surface area is 146 Å². The summed E-state index contributed by atoms with van der Waals surface area (Å²) in [7, 11) is 4.09. The zero-order valence-corrected chi connectivity index (χ0v) is 15.5. The summed E-state index contributed by atoms with van der Waals surface area (Å²) in [5, 5.41) is 11.7. The molecular weight excluding hydrogens is 294 g/mol. The van der Waals surface area contributed by atoms with Gasteiger partial charge in [0, 0.05) is 12.5 Å². The largest absolute Gasteiger partial charge is 0.380 e. The number of benzene rings is 2. The van der Waals surface area contributed by atoms with Gasteiger partial charge in [0.15, 0.2) is 0 Å². The average Bonchev–Trinajstić information content (AvgIpc) is 2.55. The third kappa shape index (κ3) is 4.14. The molecule has 2 atom stereocenters. The van der Waals surface area contributed by atoms with E-state index >= 15 is 0 Å². The van der Waals surface area contributed by atoms with Crippen molar-refractivity contribution in [1.82, 2.24) is 4.90 Å². The molecule has 0 spiro atoms. The fourth-order valence-electron chi connectivity index (χ4n) is 3.30. The molecule has 2 rings (SSSR count). The number of hydrogen-bond acceptors (Lipinski definition) is 2.